The molecular formula is C14H21NS. The van der Waals surface area contributed by atoms with Crippen molar-refractivity contribution < 1.29 is 0 Å². The van der Waals surface area contributed by atoms with E-state index < -0.39 is 0 Å². The lowest BCUT2D eigenvalue weighted by Gasteiger charge is -2.15. The van der Waals surface area contributed by atoms with Crippen molar-refractivity contribution in [1.82, 2.24) is 5.32 Å². The maximum atomic E-state index is 3.81. The average Bonchev–Trinajstić information content (AvgIpc) is 2.84. The first-order valence-corrected chi connectivity index (χ1v) is 7.12. The topological polar surface area (TPSA) is 12.0 Å². The Morgan fingerprint density at radius 3 is 3.12 bits per heavy atom. The molecule has 0 amide bonds. The lowest BCUT2D eigenvalue weighted by Crippen LogP contribution is -2.19. The molecule has 1 aromatic heterocycles. The van der Waals surface area contributed by atoms with Crippen molar-refractivity contribution in [3.63, 3.8) is 0 Å². The van der Waals surface area contributed by atoms with E-state index in [1.807, 2.05) is 17.4 Å². The number of thiophene rings is 1. The van der Waals surface area contributed by atoms with Crippen LogP contribution < -0.4 is 5.32 Å². The molecule has 1 aromatic rings. The van der Waals surface area contributed by atoms with Gasteiger partial charge in [-0.15, -0.1) is 17.9 Å². The van der Waals surface area contributed by atoms with E-state index in [4.69, 9.17) is 0 Å². The predicted molar refractivity (Wildman–Crippen MR) is 72.2 cm³/mol. The Hall–Kier alpha value is -0.600. The van der Waals surface area contributed by atoms with Crippen molar-refractivity contribution in [3.8, 4) is 0 Å². The van der Waals surface area contributed by atoms with Gasteiger partial charge in [0.2, 0.25) is 0 Å². The molecule has 0 bridgehead atoms. The molecule has 1 nitrogen and oxygen atoms in total. The summed E-state index contributed by atoms with van der Waals surface area (Å²) in [5.74, 6) is 0. The zero-order valence-electron chi connectivity index (χ0n) is 10.1. The smallest absolute Gasteiger partial charge is 0.0417 e. The summed E-state index contributed by atoms with van der Waals surface area (Å²) in [4.78, 5) is 3.17. The molecule has 1 aliphatic carbocycles. The van der Waals surface area contributed by atoms with E-state index in [9.17, 15) is 0 Å². The van der Waals surface area contributed by atoms with Crippen molar-refractivity contribution in [2.75, 3.05) is 6.54 Å². The van der Waals surface area contributed by atoms with Crippen LogP contribution in [-0.2, 0) is 12.8 Å². The van der Waals surface area contributed by atoms with Crippen LogP contribution in [0, 0.1) is 0 Å². The van der Waals surface area contributed by atoms with E-state index in [0.29, 0.717) is 6.04 Å². The number of allylic oxidation sites excluding steroid dienone is 1. The fourth-order valence-corrected chi connectivity index (χ4v) is 3.77. The maximum Gasteiger partial charge on any atom is 0.0417 e. The van der Waals surface area contributed by atoms with E-state index in [1.165, 1.54) is 30.6 Å². The zero-order chi connectivity index (χ0) is 11.4. The lowest BCUT2D eigenvalue weighted by atomic mass is 10.1. The molecule has 1 atom stereocenters. The normalized spacial score (nSPS) is 16.1. The zero-order valence-corrected chi connectivity index (χ0v) is 10.9. The number of hydrogen-bond acceptors (Lipinski definition) is 2. The van der Waals surface area contributed by atoms with Crippen molar-refractivity contribution in [2.24, 2.45) is 0 Å². The molecule has 16 heavy (non-hydrogen) atoms. The number of hydrogen-bond donors (Lipinski definition) is 1. The summed E-state index contributed by atoms with van der Waals surface area (Å²) in [6, 6.07) is 2.97. The van der Waals surface area contributed by atoms with Gasteiger partial charge in [0.1, 0.15) is 0 Å². The van der Waals surface area contributed by atoms with Crippen molar-refractivity contribution in [1.29, 1.82) is 0 Å². The third kappa shape index (κ3) is 2.55. The molecule has 88 valence electrons. The first kappa shape index (κ1) is 11.9. The second-order valence-electron chi connectivity index (χ2n) is 4.43. The first-order valence-electron chi connectivity index (χ1n) is 6.31. The van der Waals surface area contributed by atoms with Gasteiger partial charge in [-0.25, -0.2) is 0 Å². The molecule has 1 N–H and O–H groups in total. The standard InChI is InChI=1S/C14H21NS/c1-3-5-8-12(15-4-2)14-10-11-7-6-9-13(11)16-14/h3,10,12,15H,1,4-9H2,2H3. The van der Waals surface area contributed by atoms with Crippen LogP contribution in [0.1, 0.15) is 47.5 Å². The summed E-state index contributed by atoms with van der Waals surface area (Å²) < 4.78 is 0. The second-order valence-corrected chi connectivity index (χ2v) is 5.60. The van der Waals surface area contributed by atoms with Gasteiger partial charge in [0.25, 0.3) is 0 Å². The van der Waals surface area contributed by atoms with Crippen LogP contribution in [0.25, 0.3) is 0 Å². The number of aryl methyl sites for hydroxylation is 2. The first-order chi connectivity index (χ1) is 7.85. The minimum absolute atomic E-state index is 0.540. The van der Waals surface area contributed by atoms with Crippen LogP contribution in [0.15, 0.2) is 18.7 Å². The van der Waals surface area contributed by atoms with Gasteiger partial charge in [-0.2, -0.15) is 0 Å². The molecule has 0 saturated heterocycles. The van der Waals surface area contributed by atoms with E-state index in [-0.39, 0.29) is 0 Å². The van der Waals surface area contributed by atoms with Crippen LogP contribution >= 0.6 is 11.3 Å². The van der Waals surface area contributed by atoms with Gasteiger partial charge in [0.15, 0.2) is 0 Å². The highest BCUT2D eigenvalue weighted by atomic mass is 32.1. The molecule has 1 unspecified atom stereocenters. The highest BCUT2D eigenvalue weighted by molar-refractivity contribution is 7.12. The van der Waals surface area contributed by atoms with Gasteiger partial charge < -0.3 is 5.32 Å². The van der Waals surface area contributed by atoms with Crippen molar-refractivity contribution >= 4 is 11.3 Å². The molecule has 0 saturated carbocycles. The molecule has 0 aromatic carbocycles. The summed E-state index contributed by atoms with van der Waals surface area (Å²) in [5.41, 5.74) is 1.61. The Bertz CT molecular complexity index is 332. The summed E-state index contributed by atoms with van der Waals surface area (Å²) in [6.45, 7) is 7.04. The van der Waals surface area contributed by atoms with Crippen molar-refractivity contribution in [3.05, 3.63) is 34.0 Å². The summed E-state index contributed by atoms with van der Waals surface area (Å²) in [7, 11) is 0. The highest BCUT2D eigenvalue weighted by Crippen LogP contribution is 2.35. The quantitative estimate of drug-likeness (QED) is 0.738. The molecule has 2 rings (SSSR count). The molecular weight excluding hydrogens is 214 g/mol. The maximum absolute atomic E-state index is 3.81. The molecule has 0 fully saturated rings. The number of nitrogens with one attached hydrogen (secondary N) is 1. The third-order valence-electron chi connectivity index (χ3n) is 3.22. The SMILES string of the molecule is C=CCCC(NCC)c1cc2c(s1)CCC2. The Labute approximate surface area is 103 Å². The molecule has 0 aliphatic heterocycles. The van der Waals surface area contributed by atoms with Crippen molar-refractivity contribution in [2.45, 2.75) is 45.1 Å². The van der Waals surface area contributed by atoms with Crippen LogP contribution in [-0.4, -0.2) is 6.54 Å². The van der Waals surface area contributed by atoms with Crippen LogP contribution in [0.4, 0.5) is 0 Å². The minimum atomic E-state index is 0.540. The van der Waals surface area contributed by atoms with E-state index >= 15 is 0 Å². The predicted octanol–water partition coefficient (Wildman–Crippen LogP) is 3.85. The molecule has 0 radical (unpaired) electrons. The molecule has 1 aliphatic rings. The van der Waals surface area contributed by atoms with Crippen LogP contribution in [0.2, 0.25) is 0 Å². The van der Waals surface area contributed by atoms with Gasteiger partial charge in [-0.05, 0) is 50.3 Å². The number of fused-ring (bicyclic) bond motifs is 1. The molecule has 2 heteroatoms. The van der Waals surface area contributed by atoms with Gasteiger partial charge >= 0.3 is 0 Å². The third-order valence-corrected chi connectivity index (χ3v) is 4.57. The molecule has 0 spiro atoms. The fraction of sp³-hybridized carbons (Fsp3) is 0.571. The average molecular weight is 235 g/mol. The second kappa shape index (κ2) is 5.65. The fourth-order valence-electron chi connectivity index (χ4n) is 2.40. The van der Waals surface area contributed by atoms with Gasteiger partial charge in [0.05, 0.1) is 0 Å². The van der Waals surface area contributed by atoms with Gasteiger partial charge in [0, 0.05) is 15.8 Å². The van der Waals surface area contributed by atoms with Gasteiger partial charge in [-0.3, -0.25) is 0 Å². The Morgan fingerprint density at radius 1 is 1.56 bits per heavy atom. The molecule has 1 heterocycles. The lowest BCUT2D eigenvalue weighted by molar-refractivity contribution is 0.527. The highest BCUT2D eigenvalue weighted by Gasteiger charge is 2.19. The van der Waals surface area contributed by atoms with Crippen LogP contribution in [0.5, 0.6) is 0 Å². The Morgan fingerprint density at radius 2 is 2.44 bits per heavy atom. The minimum Gasteiger partial charge on any atom is -0.310 e. The summed E-state index contributed by atoms with van der Waals surface area (Å²) in [6.07, 6.45) is 8.26. The van der Waals surface area contributed by atoms with E-state index in [0.717, 1.165) is 13.0 Å². The Kier molecular flexibility index (Phi) is 4.19. The largest absolute Gasteiger partial charge is 0.310 e. The summed E-state index contributed by atoms with van der Waals surface area (Å²) in [5, 5.41) is 3.59. The monoisotopic (exact) mass is 235 g/mol. The summed E-state index contributed by atoms with van der Waals surface area (Å²) >= 11 is 2.02. The van der Waals surface area contributed by atoms with Crippen LogP contribution in [0.3, 0.4) is 0 Å². The van der Waals surface area contributed by atoms with E-state index in [2.05, 4.69) is 24.9 Å². The Balaban J connectivity index is 2.08. The number of rotatable bonds is 6. The van der Waals surface area contributed by atoms with E-state index in [1.54, 1.807) is 10.4 Å². The van der Waals surface area contributed by atoms with Gasteiger partial charge in [-0.1, -0.05) is 13.0 Å².